The summed E-state index contributed by atoms with van der Waals surface area (Å²) in [5.74, 6) is 0.982. The minimum Gasteiger partial charge on any atom is -0.493 e. The lowest BCUT2D eigenvalue weighted by atomic mass is 10.0. The van der Waals surface area contributed by atoms with Crippen LogP contribution in [0.4, 0.5) is 5.69 Å². The van der Waals surface area contributed by atoms with Crippen LogP contribution >= 0.6 is 0 Å². The van der Waals surface area contributed by atoms with E-state index in [1.54, 1.807) is 17.0 Å². The van der Waals surface area contributed by atoms with E-state index >= 15 is 0 Å². The van der Waals surface area contributed by atoms with Gasteiger partial charge < -0.3 is 28.7 Å². The van der Waals surface area contributed by atoms with E-state index in [-0.39, 0.29) is 30.2 Å². The molecule has 0 saturated carbocycles. The molecule has 3 rings (SSSR count). The zero-order valence-electron chi connectivity index (χ0n) is 16.9. The number of carbonyl (C=O) groups is 2. The average Bonchev–Trinajstić information content (AvgIpc) is 3.13. The maximum absolute atomic E-state index is 13.1. The molecule has 2 fully saturated rings. The van der Waals surface area contributed by atoms with Crippen molar-refractivity contribution in [2.75, 3.05) is 52.5 Å². The standard InChI is InChI=1S/C20H28N2O6/c1-5-14-12-28-7-6-21(14)20(24)13-8-18(23)22(11-13)15-9-16(25-2)19(27-4)17(10-15)26-3/h9-10,13-14H,5-8,11-12H2,1-4H3/t13-,14-/m1/s1. The molecule has 28 heavy (non-hydrogen) atoms. The molecule has 2 heterocycles. The maximum atomic E-state index is 13.1. The summed E-state index contributed by atoms with van der Waals surface area (Å²) in [6.07, 6.45) is 1.03. The molecule has 0 N–H and O–H groups in total. The first-order valence-electron chi connectivity index (χ1n) is 9.52. The fourth-order valence-corrected chi connectivity index (χ4v) is 3.86. The Morgan fingerprint density at radius 1 is 1.18 bits per heavy atom. The van der Waals surface area contributed by atoms with Crippen molar-refractivity contribution in [3.05, 3.63) is 12.1 Å². The quantitative estimate of drug-likeness (QED) is 0.733. The van der Waals surface area contributed by atoms with E-state index in [4.69, 9.17) is 18.9 Å². The van der Waals surface area contributed by atoms with Crippen molar-refractivity contribution in [2.24, 2.45) is 5.92 Å². The van der Waals surface area contributed by atoms with Crippen LogP contribution in [0.5, 0.6) is 17.2 Å². The smallest absolute Gasteiger partial charge is 0.228 e. The van der Waals surface area contributed by atoms with Gasteiger partial charge in [0, 0.05) is 31.6 Å². The first-order valence-corrected chi connectivity index (χ1v) is 9.52. The van der Waals surface area contributed by atoms with Gasteiger partial charge in [-0.15, -0.1) is 0 Å². The van der Waals surface area contributed by atoms with Crippen molar-refractivity contribution >= 4 is 17.5 Å². The van der Waals surface area contributed by atoms with E-state index in [9.17, 15) is 9.59 Å². The van der Waals surface area contributed by atoms with Crippen molar-refractivity contribution in [3.63, 3.8) is 0 Å². The van der Waals surface area contributed by atoms with Gasteiger partial charge in [0.2, 0.25) is 17.6 Å². The van der Waals surface area contributed by atoms with Crippen LogP contribution in [0.3, 0.4) is 0 Å². The van der Waals surface area contributed by atoms with Crippen molar-refractivity contribution in [1.82, 2.24) is 4.90 Å². The second-order valence-corrected chi connectivity index (χ2v) is 6.96. The van der Waals surface area contributed by atoms with Crippen molar-refractivity contribution in [3.8, 4) is 17.2 Å². The molecule has 0 spiro atoms. The van der Waals surface area contributed by atoms with Crippen LogP contribution < -0.4 is 19.1 Å². The van der Waals surface area contributed by atoms with Crippen LogP contribution in [0.15, 0.2) is 12.1 Å². The number of amides is 2. The van der Waals surface area contributed by atoms with Gasteiger partial charge in [-0.25, -0.2) is 0 Å². The molecule has 2 aliphatic rings. The molecule has 154 valence electrons. The number of anilines is 1. The fraction of sp³-hybridized carbons (Fsp3) is 0.600. The first-order chi connectivity index (χ1) is 13.5. The van der Waals surface area contributed by atoms with Crippen LogP contribution in [0.25, 0.3) is 0 Å². The number of rotatable bonds is 6. The lowest BCUT2D eigenvalue weighted by Crippen LogP contribution is -2.50. The summed E-state index contributed by atoms with van der Waals surface area (Å²) in [4.78, 5) is 29.3. The van der Waals surface area contributed by atoms with Crippen molar-refractivity contribution < 1.29 is 28.5 Å². The lowest BCUT2D eigenvalue weighted by molar-refractivity contribution is -0.144. The molecule has 1 aromatic rings. The van der Waals surface area contributed by atoms with Gasteiger partial charge >= 0.3 is 0 Å². The van der Waals surface area contributed by atoms with E-state index in [0.717, 1.165) is 6.42 Å². The van der Waals surface area contributed by atoms with Gasteiger partial charge in [-0.2, -0.15) is 0 Å². The summed E-state index contributed by atoms with van der Waals surface area (Å²) < 4.78 is 21.6. The molecule has 2 aliphatic heterocycles. The van der Waals surface area contributed by atoms with Gasteiger partial charge in [0.1, 0.15) is 0 Å². The summed E-state index contributed by atoms with van der Waals surface area (Å²) in [5.41, 5.74) is 0.629. The molecule has 0 bridgehead atoms. The van der Waals surface area contributed by atoms with Crippen molar-refractivity contribution in [2.45, 2.75) is 25.8 Å². The minimum atomic E-state index is -0.362. The Morgan fingerprint density at radius 2 is 1.86 bits per heavy atom. The fourth-order valence-electron chi connectivity index (χ4n) is 3.86. The van der Waals surface area contributed by atoms with Crippen LogP contribution in [-0.4, -0.2) is 70.4 Å². The minimum absolute atomic E-state index is 0.0263. The number of methoxy groups -OCH3 is 3. The van der Waals surface area contributed by atoms with E-state index in [2.05, 4.69) is 0 Å². The zero-order valence-corrected chi connectivity index (χ0v) is 16.9. The number of carbonyl (C=O) groups excluding carboxylic acids is 2. The Kier molecular flexibility index (Phi) is 6.28. The molecule has 2 amide bonds. The number of morpholine rings is 1. The summed E-state index contributed by atoms with van der Waals surface area (Å²) in [6.45, 7) is 4.05. The van der Waals surface area contributed by atoms with E-state index in [0.29, 0.717) is 49.2 Å². The predicted molar refractivity (Wildman–Crippen MR) is 103 cm³/mol. The molecule has 2 atom stereocenters. The molecule has 8 heteroatoms. The van der Waals surface area contributed by atoms with Gasteiger partial charge in [-0.3, -0.25) is 9.59 Å². The Bertz CT molecular complexity index is 712. The predicted octanol–water partition coefficient (Wildman–Crippen LogP) is 1.70. The summed E-state index contributed by atoms with van der Waals surface area (Å²) in [7, 11) is 4.59. The molecule has 2 saturated heterocycles. The molecular weight excluding hydrogens is 364 g/mol. The number of ether oxygens (including phenoxy) is 4. The van der Waals surface area contributed by atoms with Crippen molar-refractivity contribution in [1.29, 1.82) is 0 Å². The second kappa shape index (κ2) is 8.68. The largest absolute Gasteiger partial charge is 0.493 e. The Hall–Kier alpha value is -2.48. The zero-order chi connectivity index (χ0) is 20.3. The van der Waals surface area contributed by atoms with Gasteiger partial charge in [0.15, 0.2) is 11.5 Å². The average molecular weight is 392 g/mol. The molecule has 8 nitrogen and oxygen atoms in total. The van der Waals surface area contributed by atoms with Crippen LogP contribution in [0, 0.1) is 5.92 Å². The highest BCUT2D eigenvalue weighted by molar-refractivity contribution is 6.00. The third kappa shape index (κ3) is 3.73. The Balaban J connectivity index is 1.82. The highest BCUT2D eigenvalue weighted by Gasteiger charge is 2.39. The van der Waals surface area contributed by atoms with Gasteiger partial charge in [-0.1, -0.05) is 6.92 Å². The highest BCUT2D eigenvalue weighted by Crippen LogP contribution is 2.42. The molecule has 0 radical (unpaired) electrons. The third-order valence-electron chi connectivity index (χ3n) is 5.42. The highest BCUT2D eigenvalue weighted by atomic mass is 16.5. The maximum Gasteiger partial charge on any atom is 0.228 e. The van der Waals surface area contributed by atoms with Gasteiger partial charge in [0.05, 0.1) is 52.2 Å². The van der Waals surface area contributed by atoms with E-state index in [1.165, 1.54) is 21.3 Å². The molecular formula is C20H28N2O6. The van der Waals surface area contributed by atoms with E-state index < -0.39 is 0 Å². The SMILES string of the molecule is CC[C@@H]1COCCN1C(=O)[C@@H]1CC(=O)N(c2cc(OC)c(OC)c(OC)c2)C1. The number of benzene rings is 1. The van der Waals surface area contributed by atoms with Crippen LogP contribution in [-0.2, 0) is 14.3 Å². The number of hydrogen-bond acceptors (Lipinski definition) is 6. The normalized spacial score (nSPS) is 22.4. The van der Waals surface area contributed by atoms with Crippen LogP contribution in [0.1, 0.15) is 19.8 Å². The lowest BCUT2D eigenvalue weighted by Gasteiger charge is -2.36. The number of hydrogen-bond donors (Lipinski definition) is 0. The summed E-state index contributed by atoms with van der Waals surface area (Å²) in [6, 6.07) is 3.54. The van der Waals surface area contributed by atoms with E-state index in [1.807, 2.05) is 11.8 Å². The van der Waals surface area contributed by atoms with Crippen LogP contribution in [0.2, 0.25) is 0 Å². The third-order valence-corrected chi connectivity index (χ3v) is 5.42. The summed E-state index contributed by atoms with van der Waals surface area (Å²) in [5, 5.41) is 0. The topological polar surface area (TPSA) is 77.5 Å². The monoisotopic (exact) mass is 392 g/mol. The van der Waals surface area contributed by atoms with Gasteiger partial charge in [0.25, 0.3) is 0 Å². The molecule has 0 aliphatic carbocycles. The molecule has 1 aromatic carbocycles. The first kappa shape index (κ1) is 20.3. The molecule has 0 aromatic heterocycles. The Morgan fingerprint density at radius 3 is 2.43 bits per heavy atom. The number of nitrogens with zero attached hydrogens (tertiary/aromatic N) is 2. The summed E-state index contributed by atoms with van der Waals surface area (Å²) >= 11 is 0. The second-order valence-electron chi connectivity index (χ2n) is 6.96. The van der Waals surface area contributed by atoms with Gasteiger partial charge in [-0.05, 0) is 6.42 Å². The molecule has 0 unspecified atom stereocenters. The Labute approximate surface area is 165 Å².